The largest absolute Gasteiger partial charge is 0.306 e. The Morgan fingerprint density at radius 3 is 1.10 bits per heavy atom. The molecule has 0 atom stereocenters. The van der Waals surface area contributed by atoms with Gasteiger partial charge in [-0.2, -0.15) is 0 Å². The standard InChI is InChI=1S/C67H48N4/c1-67(2)56-43-45(38-41-52(56)53-42-39-48(44-57(53)67)70-60-31-15-13-29-58(60)68(46-21-5-3-6-22-46)59-30-14-16-32-61(59)70)37-40-51-49-25-9-11-27-54(49)66(55-28-12-10-26-50(51)55)71-64-35-19-17-33-62(64)69(47-23-7-4-8-24-47)63-34-18-20-36-65(63)71/h3-44H,1-2H3. The van der Waals surface area contributed by atoms with Crippen LogP contribution in [0.4, 0.5) is 68.2 Å². The summed E-state index contributed by atoms with van der Waals surface area (Å²) in [6.45, 7) is 4.78. The Balaban J connectivity index is 0.854. The van der Waals surface area contributed by atoms with E-state index in [1.165, 1.54) is 60.6 Å². The summed E-state index contributed by atoms with van der Waals surface area (Å²) in [7, 11) is 0. The molecule has 4 nitrogen and oxygen atoms in total. The minimum absolute atomic E-state index is 0.229. The summed E-state index contributed by atoms with van der Waals surface area (Å²) in [5.74, 6) is 0. The number of rotatable bonds is 6. The molecule has 11 aromatic carbocycles. The van der Waals surface area contributed by atoms with Crippen LogP contribution in [0.25, 0.3) is 44.8 Å². The molecule has 2 heterocycles. The van der Waals surface area contributed by atoms with Gasteiger partial charge in [-0.05, 0) is 129 Å². The SMILES string of the molecule is CC1(C)c2cc(C=Cc3c4ccccc4c(N4c5ccccc5N(c5ccccc5)c5ccccc54)c4ccccc34)ccc2-c2ccc(N3c4ccccc4N(c4ccccc4)c4ccccc43)cc21. The molecule has 3 aliphatic rings. The first-order valence-electron chi connectivity index (χ1n) is 24.6. The lowest BCUT2D eigenvalue weighted by atomic mass is 9.81. The van der Waals surface area contributed by atoms with Crippen LogP contribution in [-0.2, 0) is 5.41 Å². The summed E-state index contributed by atoms with van der Waals surface area (Å²) in [6, 6.07) is 88.6. The molecule has 0 saturated heterocycles. The highest BCUT2D eigenvalue weighted by atomic mass is 15.3. The third-order valence-electron chi connectivity index (χ3n) is 15.0. The quantitative estimate of drug-likeness (QED) is 0.122. The molecular weight excluding hydrogens is 861 g/mol. The molecule has 0 saturated carbocycles. The molecule has 71 heavy (non-hydrogen) atoms. The van der Waals surface area contributed by atoms with E-state index in [1.54, 1.807) is 0 Å². The van der Waals surface area contributed by atoms with Gasteiger partial charge in [-0.3, -0.25) is 0 Å². The van der Waals surface area contributed by atoms with Gasteiger partial charge < -0.3 is 19.6 Å². The summed E-state index contributed by atoms with van der Waals surface area (Å²) in [4.78, 5) is 9.72. The van der Waals surface area contributed by atoms with Crippen LogP contribution in [0, 0.1) is 0 Å². The molecule has 14 rings (SSSR count). The predicted octanol–water partition coefficient (Wildman–Crippen LogP) is 19.0. The van der Waals surface area contributed by atoms with Crippen LogP contribution in [0.5, 0.6) is 0 Å². The minimum Gasteiger partial charge on any atom is -0.306 e. The second kappa shape index (κ2) is 16.0. The van der Waals surface area contributed by atoms with E-state index in [1.807, 2.05) is 0 Å². The first-order chi connectivity index (χ1) is 35.0. The molecule has 11 aromatic rings. The Hall–Kier alpha value is -9.12. The number of hydrogen-bond acceptors (Lipinski definition) is 4. The van der Waals surface area contributed by atoms with Crippen molar-refractivity contribution >= 4 is 102 Å². The minimum atomic E-state index is -0.229. The van der Waals surface area contributed by atoms with E-state index in [2.05, 4.69) is 288 Å². The van der Waals surface area contributed by atoms with Gasteiger partial charge in [0.25, 0.3) is 0 Å². The molecule has 0 aromatic heterocycles. The van der Waals surface area contributed by atoms with Crippen molar-refractivity contribution in [2.45, 2.75) is 19.3 Å². The lowest BCUT2D eigenvalue weighted by Gasteiger charge is -2.41. The summed E-state index contributed by atoms with van der Waals surface area (Å²) in [5.41, 5.74) is 21.3. The molecule has 0 unspecified atom stereocenters. The maximum Gasteiger partial charge on any atom is 0.0703 e. The van der Waals surface area contributed by atoms with E-state index >= 15 is 0 Å². The van der Waals surface area contributed by atoms with Crippen molar-refractivity contribution in [2.24, 2.45) is 0 Å². The van der Waals surface area contributed by atoms with Gasteiger partial charge in [0.15, 0.2) is 0 Å². The Kier molecular flexibility index (Phi) is 9.21. The third-order valence-corrected chi connectivity index (χ3v) is 15.0. The Labute approximate surface area is 414 Å². The van der Waals surface area contributed by atoms with E-state index in [-0.39, 0.29) is 5.41 Å². The van der Waals surface area contributed by atoms with Crippen LogP contribution in [-0.4, -0.2) is 0 Å². The molecule has 0 bridgehead atoms. The zero-order valence-corrected chi connectivity index (χ0v) is 39.5. The van der Waals surface area contributed by atoms with E-state index in [0.29, 0.717) is 0 Å². The number of anilines is 12. The molecule has 336 valence electrons. The summed E-state index contributed by atoms with van der Waals surface area (Å²) >= 11 is 0. The summed E-state index contributed by atoms with van der Waals surface area (Å²) in [5, 5.41) is 4.84. The Morgan fingerprint density at radius 1 is 0.296 bits per heavy atom. The van der Waals surface area contributed by atoms with Gasteiger partial charge in [0, 0.05) is 33.2 Å². The number of hydrogen-bond donors (Lipinski definition) is 0. The fraction of sp³-hybridized carbons (Fsp3) is 0.0448. The monoisotopic (exact) mass is 908 g/mol. The van der Waals surface area contributed by atoms with Crippen molar-refractivity contribution in [3.63, 3.8) is 0 Å². The zero-order chi connectivity index (χ0) is 47.2. The topological polar surface area (TPSA) is 13.0 Å². The van der Waals surface area contributed by atoms with Crippen LogP contribution in [0.1, 0.15) is 36.1 Å². The van der Waals surface area contributed by atoms with E-state index < -0.39 is 0 Å². The fourth-order valence-corrected chi connectivity index (χ4v) is 11.8. The highest BCUT2D eigenvalue weighted by Gasteiger charge is 2.38. The first-order valence-corrected chi connectivity index (χ1v) is 24.6. The average molecular weight is 909 g/mol. The first kappa shape index (κ1) is 40.9. The highest BCUT2D eigenvalue weighted by molar-refractivity contribution is 6.21. The summed E-state index contributed by atoms with van der Waals surface area (Å²) < 4.78 is 0. The van der Waals surface area contributed by atoms with Gasteiger partial charge in [-0.25, -0.2) is 0 Å². The lowest BCUT2D eigenvalue weighted by Crippen LogP contribution is -2.24. The van der Waals surface area contributed by atoms with Gasteiger partial charge in [0.05, 0.1) is 51.2 Å². The molecule has 0 N–H and O–H groups in total. The van der Waals surface area contributed by atoms with Crippen molar-refractivity contribution in [1.29, 1.82) is 0 Å². The van der Waals surface area contributed by atoms with Crippen LogP contribution >= 0.6 is 0 Å². The van der Waals surface area contributed by atoms with Gasteiger partial charge in [-0.1, -0.05) is 184 Å². The van der Waals surface area contributed by atoms with E-state index in [0.717, 1.165) is 62.6 Å². The molecule has 4 heteroatoms. The van der Waals surface area contributed by atoms with Crippen molar-refractivity contribution in [2.75, 3.05) is 19.6 Å². The van der Waals surface area contributed by atoms with Crippen LogP contribution in [0.15, 0.2) is 243 Å². The number of para-hydroxylation sites is 10. The predicted molar refractivity (Wildman–Crippen MR) is 300 cm³/mol. The molecule has 0 fully saturated rings. The van der Waals surface area contributed by atoms with Gasteiger partial charge in [0.1, 0.15) is 0 Å². The van der Waals surface area contributed by atoms with E-state index in [9.17, 15) is 0 Å². The highest BCUT2D eigenvalue weighted by Crippen LogP contribution is 2.58. The molecule has 1 aliphatic carbocycles. The molecule has 0 radical (unpaired) electrons. The molecule has 0 amide bonds. The number of fused-ring (bicyclic) bond motifs is 9. The van der Waals surface area contributed by atoms with Crippen molar-refractivity contribution < 1.29 is 0 Å². The second-order valence-corrected chi connectivity index (χ2v) is 19.3. The van der Waals surface area contributed by atoms with Crippen LogP contribution in [0.3, 0.4) is 0 Å². The van der Waals surface area contributed by atoms with Crippen molar-refractivity contribution in [3.8, 4) is 11.1 Å². The van der Waals surface area contributed by atoms with Crippen molar-refractivity contribution in [1.82, 2.24) is 0 Å². The molecule has 0 spiro atoms. The second-order valence-electron chi connectivity index (χ2n) is 19.3. The maximum atomic E-state index is 2.50. The van der Waals surface area contributed by atoms with E-state index in [4.69, 9.17) is 0 Å². The number of nitrogens with zero attached hydrogens (tertiary/aromatic N) is 4. The van der Waals surface area contributed by atoms with Gasteiger partial charge in [0.2, 0.25) is 0 Å². The lowest BCUT2D eigenvalue weighted by molar-refractivity contribution is 0.660. The van der Waals surface area contributed by atoms with Gasteiger partial charge >= 0.3 is 0 Å². The maximum absolute atomic E-state index is 2.50. The van der Waals surface area contributed by atoms with Crippen LogP contribution in [0.2, 0.25) is 0 Å². The smallest absolute Gasteiger partial charge is 0.0703 e. The number of benzene rings is 11. The molecule has 2 aliphatic heterocycles. The van der Waals surface area contributed by atoms with Crippen molar-refractivity contribution in [3.05, 3.63) is 265 Å². The Bertz CT molecular complexity index is 3800. The Morgan fingerprint density at radius 2 is 0.648 bits per heavy atom. The normalized spacial score (nSPS) is 14.0. The zero-order valence-electron chi connectivity index (χ0n) is 39.5. The van der Waals surface area contributed by atoms with Crippen LogP contribution < -0.4 is 19.6 Å². The average Bonchev–Trinajstić information content (AvgIpc) is 3.65. The fourth-order valence-electron chi connectivity index (χ4n) is 11.8. The summed E-state index contributed by atoms with van der Waals surface area (Å²) in [6.07, 6.45) is 4.67. The van der Waals surface area contributed by atoms with Gasteiger partial charge in [-0.15, -0.1) is 0 Å². The third kappa shape index (κ3) is 6.24. The molecular formula is C67H48N4.